The zero-order valence-electron chi connectivity index (χ0n) is 13.0. The molecule has 0 aliphatic heterocycles. The van der Waals surface area contributed by atoms with Gasteiger partial charge in [0.15, 0.2) is 6.10 Å². The zero-order chi connectivity index (χ0) is 17.7. The Hall–Kier alpha value is -2.05. The van der Waals surface area contributed by atoms with Crippen molar-refractivity contribution in [2.75, 3.05) is 11.6 Å². The molecule has 24 heavy (non-hydrogen) atoms. The van der Waals surface area contributed by atoms with Gasteiger partial charge >= 0.3 is 5.97 Å². The summed E-state index contributed by atoms with van der Waals surface area (Å²) >= 11 is 7.21. The van der Waals surface area contributed by atoms with Crippen LogP contribution in [0.3, 0.4) is 0 Å². The van der Waals surface area contributed by atoms with Crippen molar-refractivity contribution in [2.24, 2.45) is 0 Å². The molecule has 0 heterocycles. The van der Waals surface area contributed by atoms with E-state index in [1.807, 2.05) is 6.26 Å². The van der Waals surface area contributed by atoms with E-state index in [0.717, 1.165) is 11.0 Å². The summed E-state index contributed by atoms with van der Waals surface area (Å²) in [5.74, 6) is -1.71. The number of benzene rings is 2. The molecule has 7 heteroatoms. The summed E-state index contributed by atoms with van der Waals surface area (Å²) in [7, 11) is 0. The average Bonchev–Trinajstić information content (AvgIpc) is 2.58. The van der Waals surface area contributed by atoms with Crippen molar-refractivity contribution in [3.05, 3.63) is 58.9 Å². The molecule has 0 aromatic heterocycles. The van der Waals surface area contributed by atoms with Gasteiger partial charge in [-0.3, -0.25) is 4.79 Å². The second-order valence-corrected chi connectivity index (χ2v) is 6.18. The van der Waals surface area contributed by atoms with E-state index in [-0.39, 0.29) is 5.02 Å². The minimum atomic E-state index is -1.01. The fraction of sp³-hybridized carbons (Fsp3) is 0.176. The summed E-state index contributed by atoms with van der Waals surface area (Å²) in [5, 5.41) is 2.41. The van der Waals surface area contributed by atoms with Crippen LogP contribution in [0, 0.1) is 5.82 Å². The molecule has 0 saturated heterocycles. The van der Waals surface area contributed by atoms with Crippen LogP contribution in [0.1, 0.15) is 17.3 Å². The lowest BCUT2D eigenvalue weighted by molar-refractivity contribution is -0.123. The van der Waals surface area contributed by atoms with Gasteiger partial charge in [-0.2, -0.15) is 0 Å². The van der Waals surface area contributed by atoms with Crippen LogP contribution in [-0.4, -0.2) is 24.2 Å². The third-order valence-electron chi connectivity index (χ3n) is 3.17. The molecule has 0 unspecified atom stereocenters. The lowest BCUT2D eigenvalue weighted by Crippen LogP contribution is -2.30. The largest absolute Gasteiger partial charge is 0.449 e. The number of carbonyl (C=O) groups excluding carboxylic acids is 2. The van der Waals surface area contributed by atoms with Crippen LogP contribution >= 0.6 is 23.4 Å². The Morgan fingerprint density at radius 3 is 2.46 bits per heavy atom. The smallest absolute Gasteiger partial charge is 0.338 e. The molecule has 2 aromatic carbocycles. The Bertz CT molecular complexity index is 752. The van der Waals surface area contributed by atoms with Gasteiger partial charge in [0.2, 0.25) is 0 Å². The second kappa shape index (κ2) is 8.17. The molecule has 2 rings (SSSR count). The lowest BCUT2D eigenvalue weighted by atomic mass is 10.2. The number of halogens is 2. The number of ether oxygens (including phenoxy) is 1. The molecular weight excluding hydrogens is 353 g/mol. The Morgan fingerprint density at radius 1 is 1.21 bits per heavy atom. The maximum absolute atomic E-state index is 13.1. The molecule has 0 spiro atoms. The standard InChI is InChI=1S/C17H15ClFNO3S/c1-10(16(21)20-12-5-8-15(19)14(18)9-12)23-17(22)11-3-6-13(24-2)7-4-11/h3-10H,1-2H3,(H,20,21)/t10-/m1/s1. The van der Waals surface area contributed by atoms with Gasteiger partial charge in [-0.05, 0) is 55.6 Å². The van der Waals surface area contributed by atoms with Crippen LogP contribution in [0.5, 0.6) is 0 Å². The summed E-state index contributed by atoms with van der Waals surface area (Å²) in [4.78, 5) is 25.1. The predicted molar refractivity (Wildman–Crippen MR) is 93.1 cm³/mol. The number of anilines is 1. The number of esters is 1. The highest BCUT2D eigenvalue weighted by Crippen LogP contribution is 2.20. The number of carbonyl (C=O) groups is 2. The van der Waals surface area contributed by atoms with Gasteiger partial charge in [0.05, 0.1) is 10.6 Å². The maximum Gasteiger partial charge on any atom is 0.338 e. The fourth-order valence-corrected chi connectivity index (χ4v) is 2.42. The molecule has 0 radical (unpaired) electrons. The van der Waals surface area contributed by atoms with Gasteiger partial charge in [0, 0.05) is 10.6 Å². The molecule has 0 aliphatic carbocycles. The topological polar surface area (TPSA) is 55.4 Å². The van der Waals surface area contributed by atoms with Gasteiger partial charge in [-0.25, -0.2) is 9.18 Å². The molecule has 1 N–H and O–H groups in total. The van der Waals surface area contributed by atoms with E-state index < -0.39 is 23.8 Å². The molecule has 2 aromatic rings. The molecule has 4 nitrogen and oxygen atoms in total. The van der Waals surface area contributed by atoms with Crippen molar-refractivity contribution in [3.8, 4) is 0 Å². The van der Waals surface area contributed by atoms with Crippen molar-refractivity contribution in [2.45, 2.75) is 17.9 Å². The quantitative estimate of drug-likeness (QED) is 0.629. The Balaban J connectivity index is 1.97. The number of thioether (sulfide) groups is 1. The van der Waals surface area contributed by atoms with Crippen LogP contribution in [0.2, 0.25) is 5.02 Å². The first-order valence-electron chi connectivity index (χ1n) is 7.01. The van der Waals surface area contributed by atoms with Crippen molar-refractivity contribution in [1.29, 1.82) is 0 Å². The van der Waals surface area contributed by atoms with E-state index in [1.54, 1.807) is 36.0 Å². The van der Waals surface area contributed by atoms with Gasteiger partial charge in [0.25, 0.3) is 5.91 Å². The van der Waals surface area contributed by atoms with Crippen LogP contribution < -0.4 is 5.32 Å². The van der Waals surface area contributed by atoms with E-state index >= 15 is 0 Å². The van der Waals surface area contributed by atoms with Gasteiger partial charge in [0.1, 0.15) is 5.82 Å². The molecular formula is C17H15ClFNO3S. The SMILES string of the molecule is CSc1ccc(C(=O)O[C@H](C)C(=O)Nc2ccc(F)c(Cl)c2)cc1. The molecule has 0 aliphatic rings. The first-order chi connectivity index (χ1) is 11.4. The maximum atomic E-state index is 13.1. The second-order valence-electron chi connectivity index (χ2n) is 4.89. The lowest BCUT2D eigenvalue weighted by Gasteiger charge is -2.14. The highest BCUT2D eigenvalue weighted by molar-refractivity contribution is 7.98. The van der Waals surface area contributed by atoms with Gasteiger partial charge < -0.3 is 10.1 Å². The fourth-order valence-electron chi connectivity index (χ4n) is 1.83. The highest BCUT2D eigenvalue weighted by atomic mass is 35.5. The Labute approximate surface area is 148 Å². The number of hydrogen-bond acceptors (Lipinski definition) is 4. The average molecular weight is 368 g/mol. The van der Waals surface area contributed by atoms with Gasteiger partial charge in [-0.1, -0.05) is 11.6 Å². The van der Waals surface area contributed by atoms with E-state index in [1.165, 1.54) is 19.1 Å². The summed E-state index contributed by atoms with van der Waals surface area (Å²) in [6.07, 6.45) is 0.920. The zero-order valence-corrected chi connectivity index (χ0v) is 14.6. The van der Waals surface area contributed by atoms with E-state index in [4.69, 9.17) is 16.3 Å². The Kier molecular flexibility index (Phi) is 6.23. The minimum Gasteiger partial charge on any atom is -0.449 e. The van der Waals surface area contributed by atoms with E-state index in [9.17, 15) is 14.0 Å². The highest BCUT2D eigenvalue weighted by Gasteiger charge is 2.19. The summed E-state index contributed by atoms with van der Waals surface area (Å²) in [6, 6.07) is 10.7. The van der Waals surface area contributed by atoms with Gasteiger partial charge in [-0.15, -0.1) is 11.8 Å². The number of hydrogen-bond donors (Lipinski definition) is 1. The van der Waals surface area contributed by atoms with Crippen molar-refractivity contribution in [1.82, 2.24) is 0 Å². The van der Waals surface area contributed by atoms with Crippen LogP contribution in [0.15, 0.2) is 47.4 Å². The summed E-state index contributed by atoms with van der Waals surface area (Å²) < 4.78 is 18.2. The van der Waals surface area contributed by atoms with Crippen LogP contribution in [-0.2, 0) is 9.53 Å². The normalized spacial score (nSPS) is 11.7. The third kappa shape index (κ3) is 4.72. The number of nitrogens with one attached hydrogen (secondary N) is 1. The van der Waals surface area contributed by atoms with Crippen LogP contribution in [0.4, 0.5) is 10.1 Å². The molecule has 1 amide bonds. The molecule has 0 bridgehead atoms. The molecule has 0 fully saturated rings. The van der Waals surface area contributed by atoms with Crippen molar-refractivity contribution in [3.63, 3.8) is 0 Å². The van der Waals surface area contributed by atoms with Crippen LogP contribution in [0.25, 0.3) is 0 Å². The van der Waals surface area contributed by atoms with E-state index in [0.29, 0.717) is 11.3 Å². The molecule has 0 saturated carbocycles. The van der Waals surface area contributed by atoms with E-state index in [2.05, 4.69) is 5.32 Å². The monoisotopic (exact) mass is 367 g/mol. The number of amides is 1. The third-order valence-corrected chi connectivity index (χ3v) is 4.20. The molecule has 1 atom stereocenters. The Morgan fingerprint density at radius 2 is 1.88 bits per heavy atom. The minimum absolute atomic E-state index is 0.105. The summed E-state index contributed by atoms with van der Waals surface area (Å²) in [5.41, 5.74) is 0.677. The first-order valence-corrected chi connectivity index (χ1v) is 8.62. The van der Waals surface area contributed by atoms with Crippen molar-refractivity contribution < 1.29 is 18.7 Å². The van der Waals surface area contributed by atoms with Crippen molar-refractivity contribution >= 4 is 40.9 Å². The first kappa shape index (κ1) is 18.3. The summed E-state index contributed by atoms with van der Waals surface area (Å²) in [6.45, 7) is 1.45. The predicted octanol–water partition coefficient (Wildman–Crippen LogP) is 4.39. The molecule has 126 valence electrons. The number of rotatable bonds is 5.